The number of para-hydroxylation sites is 2. The van der Waals surface area contributed by atoms with Crippen LogP contribution < -0.4 is 18.9 Å². The lowest BCUT2D eigenvalue weighted by atomic mass is 9.90. The summed E-state index contributed by atoms with van der Waals surface area (Å²) in [5.74, 6) is 2.57. The van der Waals surface area contributed by atoms with Gasteiger partial charge in [-0.3, -0.25) is 20.2 Å². The Labute approximate surface area is 293 Å². The van der Waals surface area contributed by atoms with Gasteiger partial charge in [0, 0.05) is 72.2 Å². The van der Waals surface area contributed by atoms with E-state index in [1.807, 2.05) is 50.2 Å². The van der Waals surface area contributed by atoms with Crippen LogP contribution in [0.5, 0.6) is 23.0 Å². The summed E-state index contributed by atoms with van der Waals surface area (Å²) in [6.45, 7) is 9.93. The summed E-state index contributed by atoms with van der Waals surface area (Å²) in [4.78, 5) is 23.9. The molecule has 264 valence electrons. The third kappa shape index (κ3) is 8.35. The highest BCUT2D eigenvalue weighted by molar-refractivity contribution is 5.60. The van der Waals surface area contributed by atoms with E-state index < -0.39 is 9.85 Å². The molecule has 0 unspecified atom stereocenters. The van der Waals surface area contributed by atoms with E-state index in [0.717, 1.165) is 59.4 Å². The second kappa shape index (κ2) is 17.0. The Hall–Kier alpha value is -5.12. The molecule has 10 heteroatoms. The molecular formula is C40H46N2O8. The van der Waals surface area contributed by atoms with Crippen molar-refractivity contribution in [3.63, 3.8) is 0 Å². The number of fused-ring (bicyclic) bond motifs is 8. The summed E-state index contributed by atoms with van der Waals surface area (Å²) in [5, 5.41) is 24.7. The molecule has 8 bridgehead atoms. The van der Waals surface area contributed by atoms with Crippen molar-refractivity contribution >= 4 is 11.4 Å². The first kappa shape index (κ1) is 36.2. The molecule has 50 heavy (non-hydrogen) atoms. The van der Waals surface area contributed by atoms with Crippen molar-refractivity contribution < 1.29 is 28.8 Å². The average molecular weight is 683 g/mol. The molecule has 0 atom stereocenters. The van der Waals surface area contributed by atoms with E-state index in [2.05, 4.69) is 13.8 Å². The Morgan fingerprint density at radius 1 is 0.460 bits per heavy atom. The molecule has 0 radical (unpaired) electrons. The standard InChI is InChI=1S/C40H46N2O8/c1-5-15-47-37-27-11-9-13-29(37)20-31-23-35(41(43)44)25-33(39(31)49-17-7-3)22-34-26-36(42(45)46)24-32(40(34)50-18-8-4)21-30-14-10-12-28(19-27)38(30)48-16-6-2/h9-14,23-26H,5-8,15-22H2,1-4H3. The number of rotatable bonds is 14. The molecule has 0 aromatic heterocycles. The summed E-state index contributed by atoms with van der Waals surface area (Å²) in [7, 11) is 0. The normalized spacial score (nSPS) is 12.2. The molecule has 10 nitrogen and oxygen atoms in total. The van der Waals surface area contributed by atoms with Gasteiger partial charge >= 0.3 is 0 Å². The van der Waals surface area contributed by atoms with Crippen LogP contribution in [0.25, 0.3) is 0 Å². The maximum absolute atomic E-state index is 12.4. The van der Waals surface area contributed by atoms with Gasteiger partial charge < -0.3 is 18.9 Å². The van der Waals surface area contributed by atoms with Crippen LogP contribution >= 0.6 is 0 Å². The fourth-order valence-electron chi connectivity index (χ4n) is 6.42. The Morgan fingerprint density at radius 3 is 0.960 bits per heavy atom. The third-order valence-corrected chi connectivity index (χ3v) is 8.56. The van der Waals surface area contributed by atoms with E-state index in [4.69, 9.17) is 18.9 Å². The molecule has 0 N–H and O–H groups in total. The predicted octanol–water partition coefficient (Wildman–Crippen LogP) is 9.33. The minimum atomic E-state index is -0.405. The van der Waals surface area contributed by atoms with Gasteiger partial charge in [-0.2, -0.15) is 0 Å². The number of nitro groups is 2. The van der Waals surface area contributed by atoms with E-state index in [-0.39, 0.29) is 17.8 Å². The summed E-state index contributed by atoms with van der Waals surface area (Å²) in [6.07, 6.45) is 4.35. The van der Waals surface area contributed by atoms with Gasteiger partial charge in [-0.05, 0) is 47.9 Å². The quantitative estimate of drug-likeness (QED) is 0.0839. The number of hydrogen-bond donors (Lipinski definition) is 0. The number of benzene rings is 4. The second-order valence-electron chi connectivity index (χ2n) is 12.6. The molecule has 0 spiro atoms. The van der Waals surface area contributed by atoms with Crippen LogP contribution in [0.3, 0.4) is 0 Å². The SMILES string of the molecule is CCCOc1c2cccc1Cc1cc([N+](=O)[O-])cc(c1OCCC)Cc1cc([N+](=O)[O-])cc(c1OCCC)Cc1cccc(c1OCCC)C2. The molecule has 4 aromatic carbocycles. The van der Waals surface area contributed by atoms with Crippen LogP contribution in [0.4, 0.5) is 11.4 Å². The van der Waals surface area contributed by atoms with Gasteiger partial charge in [0.1, 0.15) is 23.0 Å². The lowest BCUT2D eigenvalue weighted by Gasteiger charge is -2.22. The largest absolute Gasteiger partial charge is 0.493 e. The monoisotopic (exact) mass is 682 g/mol. The summed E-state index contributed by atoms with van der Waals surface area (Å²) >= 11 is 0. The molecule has 1 aliphatic rings. The van der Waals surface area contributed by atoms with Crippen molar-refractivity contribution in [2.24, 2.45) is 0 Å². The lowest BCUT2D eigenvalue weighted by molar-refractivity contribution is -0.385. The topological polar surface area (TPSA) is 123 Å². The molecule has 0 saturated heterocycles. The number of ether oxygens (including phenoxy) is 4. The summed E-state index contributed by atoms with van der Waals surface area (Å²) < 4.78 is 25.7. The van der Waals surface area contributed by atoms with Crippen molar-refractivity contribution in [1.29, 1.82) is 0 Å². The summed E-state index contributed by atoms with van der Waals surface area (Å²) in [6, 6.07) is 18.3. The van der Waals surface area contributed by atoms with Gasteiger partial charge in [0.15, 0.2) is 0 Å². The minimum Gasteiger partial charge on any atom is -0.493 e. The molecule has 0 amide bonds. The molecule has 1 aliphatic carbocycles. The average Bonchev–Trinajstić information content (AvgIpc) is 3.09. The van der Waals surface area contributed by atoms with E-state index in [9.17, 15) is 20.2 Å². The molecule has 0 saturated carbocycles. The zero-order valence-electron chi connectivity index (χ0n) is 29.4. The number of nitro benzene ring substituents is 2. The highest BCUT2D eigenvalue weighted by Gasteiger charge is 2.26. The van der Waals surface area contributed by atoms with E-state index >= 15 is 0 Å². The fourth-order valence-corrected chi connectivity index (χ4v) is 6.42. The van der Waals surface area contributed by atoms with Crippen LogP contribution in [-0.4, -0.2) is 36.3 Å². The number of hydrogen-bond acceptors (Lipinski definition) is 8. The Bertz CT molecular complexity index is 1710. The van der Waals surface area contributed by atoms with E-state index in [0.29, 0.717) is 79.4 Å². The predicted molar refractivity (Wildman–Crippen MR) is 193 cm³/mol. The van der Waals surface area contributed by atoms with E-state index in [1.54, 1.807) is 12.1 Å². The zero-order chi connectivity index (χ0) is 35.6. The van der Waals surface area contributed by atoms with Crippen LogP contribution in [0.2, 0.25) is 0 Å². The lowest BCUT2D eigenvalue weighted by Crippen LogP contribution is -2.11. The molecule has 0 heterocycles. The minimum absolute atomic E-state index is 0.0819. The van der Waals surface area contributed by atoms with Gasteiger partial charge in [-0.15, -0.1) is 0 Å². The number of non-ortho nitro benzene ring substituents is 2. The van der Waals surface area contributed by atoms with Gasteiger partial charge in [0.25, 0.3) is 11.4 Å². The van der Waals surface area contributed by atoms with Gasteiger partial charge in [-0.25, -0.2) is 0 Å². The summed E-state index contributed by atoms with van der Waals surface area (Å²) in [5.41, 5.74) is 5.93. The maximum Gasteiger partial charge on any atom is 0.270 e. The molecule has 0 fully saturated rings. The van der Waals surface area contributed by atoms with Gasteiger partial charge in [0.2, 0.25) is 0 Å². The maximum atomic E-state index is 12.4. The van der Waals surface area contributed by atoms with Crippen molar-refractivity contribution in [2.75, 3.05) is 26.4 Å². The van der Waals surface area contributed by atoms with Crippen LogP contribution in [0.15, 0.2) is 60.7 Å². The Kier molecular flexibility index (Phi) is 12.3. The van der Waals surface area contributed by atoms with Crippen molar-refractivity contribution in [2.45, 2.75) is 79.1 Å². The van der Waals surface area contributed by atoms with Gasteiger partial charge in [0.05, 0.1) is 36.3 Å². The van der Waals surface area contributed by atoms with Gasteiger partial charge in [-0.1, -0.05) is 64.1 Å². The first-order valence-electron chi connectivity index (χ1n) is 17.6. The molecule has 0 aliphatic heterocycles. The first-order chi connectivity index (χ1) is 24.3. The Balaban J connectivity index is 1.86. The smallest absolute Gasteiger partial charge is 0.270 e. The fraction of sp³-hybridized carbons (Fsp3) is 0.400. The molecule has 5 rings (SSSR count). The zero-order valence-corrected chi connectivity index (χ0v) is 29.4. The highest BCUT2D eigenvalue weighted by Crippen LogP contribution is 2.41. The van der Waals surface area contributed by atoms with Crippen LogP contribution in [0.1, 0.15) is 97.9 Å². The third-order valence-electron chi connectivity index (χ3n) is 8.56. The second-order valence-corrected chi connectivity index (χ2v) is 12.6. The highest BCUT2D eigenvalue weighted by atomic mass is 16.6. The molecule has 4 aromatic rings. The van der Waals surface area contributed by atoms with Crippen LogP contribution in [0, 0.1) is 20.2 Å². The Morgan fingerprint density at radius 2 is 0.700 bits per heavy atom. The van der Waals surface area contributed by atoms with Crippen LogP contribution in [-0.2, 0) is 25.7 Å². The van der Waals surface area contributed by atoms with Crippen molar-refractivity contribution in [3.8, 4) is 23.0 Å². The van der Waals surface area contributed by atoms with Crippen molar-refractivity contribution in [3.05, 3.63) is 125 Å². The van der Waals surface area contributed by atoms with E-state index in [1.165, 1.54) is 12.1 Å². The van der Waals surface area contributed by atoms with Crippen molar-refractivity contribution in [1.82, 2.24) is 0 Å². The molecular weight excluding hydrogens is 636 g/mol. The first-order valence-corrected chi connectivity index (χ1v) is 17.6. The number of nitrogens with zero attached hydrogens (tertiary/aromatic N) is 2.